The number of methoxy groups -OCH3 is 1. The number of allylic oxidation sites excluding steroid dienone is 4. The van der Waals surface area contributed by atoms with Crippen molar-refractivity contribution in [3.05, 3.63) is 72.4 Å². The minimum Gasteiger partial charge on any atom is -0.481 e. The van der Waals surface area contributed by atoms with Crippen LogP contribution in [0.15, 0.2) is 72.4 Å². The van der Waals surface area contributed by atoms with Crippen molar-refractivity contribution < 1.29 is 28.5 Å². The number of anilines is 1. The highest BCUT2D eigenvalue weighted by Gasteiger charge is 2.48. The van der Waals surface area contributed by atoms with Crippen molar-refractivity contribution in [2.75, 3.05) is 38.2 Å². The maximum atomic E-state index is 13.7. The lowest BCUT2D eigenvalue weighted by Crippen LogP contribution is -2.46. The van der Waals surface area contributed by atoms with Gasteiger partial charge >= 0.3 is 6.09 Å². The molecule has 0 radical (unpaired) electrons. The first kappa shape index (κ1) is 24.5. The Kier molecular flexibility index (Phi) is 6.06. The fourth-order valence-corrected chi connectivity index (χ4v) is 6.13. The molecule has 3 fully saturated rings. The molecule has 0 N–H and O–H groups in total. The number of cyclic esters (lactones) is 1. The number of likely N-dealkylation sites (tertiary alicyclic amines) is 1. The van der Waals surface area contributed by atoms with Gasteiger partial charge in [0.25, 0.3) is 5.91 Å². The first-order chi connectivity index (χ1) is 19.6. The van der Waals surface area contributed by atoms with Gasteiger partial charge in [0.1, 0.15) is 11.8 Å². The Balaban J connectivity index is 1.04. The number of hydrogen-bond acceptors (Lipinski definition) is 9. The van der Waals surface area contributed by atoms with Crippen molar-refractivity contribution in [1.29, 1.82) is 0 Å². The van der Waals surface area contributed by atoms with E-state index in [-0.39, 0.29) is 24.4 Å². The summed E-state index contributed by atoms with van der Waals surface area (Å²) >= 11 is 0. The second kappa shape index (κ2) is 9.89. The van der Waals surface area contributed by atoms with Gasteiger partial charge in [-0.05, 0) is 37.0 Å². The predicted octanol–water partition coefficient (Wildman–Crippen LogP) is 3.46. The van der Waals surface area contributed by atoms with Gasteiger partial charge < -0.3 is 28.7 Å². The van der Waals surface area contributed by atoms with Crippen LogP contribution in [0.3, 0.4) is 0 Å². The van der Waals surface area contributed by atoms with E-state index in [1.807, 2.05) is 29.2 Å². The van der Waals surface area contributed by atoms with Crippen LogP contribution < -0.4 is 9.64 Å². The second-order valence-electron chi connectivity index (χ2n) is 10.4. The van der Waals surface area contributed by atoms with Gasteiger partial charge in [0.05, 0.1) is 30.9 Å². The molecule has 5 aliphatic rings. The molecular formula is C29H29N5O6. The average Bonchev–Trinajstić information content (AvgIpc) is 3.71. The quantitative estimate of drug-likeness (QED) is 0.560. The van der Waals surface area contributed by atoms with E-state index in [0.29, 0.717) is 30.6 Å². The molecule has 206 valence electrons. The third-order valence-electron chi connectivity index (χ3n) is 8.16. The van der Waals surface area contributed by atoms with Gasteiger partial charge in [-0.3, -0.25) is 9.78 Å². The molecule has 3 saturated heterocycles. The third kappa shape index (κ3) is 4.21. The molecule has 3 atom stereocenters. The summed E-state index contributed by atoms with van der Waals surface area (Å²) in [5, 5.41) is 0. The fourth-order valence-electron chi connectivity index (χ4n) is 6.13. The molecular weight excluding hydrogens is 514 g/mol. The summed E-state index contributed by atoms with van der Waals surface area (Å²) < 4.78 is 22.4. The van der Waals surface area contributed by atoms with Crippen LogP contribution >= 0.6 is 0 Å². The number of pyridine rings is 2. The Morgan fingerprint density at radius 3 is 2.92 bits per heavy atom. The van der Waals surface area contributed by atoms with Crippen LogP contribution in [0.5, 0.6) is 5.88 Å². The van der Waals surface area contributed by atoms with E-state index in [0.717, 1.165) is 48.1 Å². The molecule has 2 amide bonds. The predicted molar refractivity (Wildman–Crippen MR) is 144 cm³/mol. The molecule has 2 aromatic heterocycles. The number of ether oxygens (including phenoxy) is 4. The average molecular weight is 544 g/mol. The minimum absolute atomic E-state index is 0.0170. The van der Waals surface area contributed by atoms with Crippen molar-refractivity contribution in [3.8, 4) is 5.88 Å². The summed E-state index contributed by atoms with van der Waals surface area (Å²) in [6.07, 6.45) is 11.8. The number of amides is 2. The summed E-state index contributed by atoms with van der Waals surface area (Å²) in [5.74, 6) is 1.43. The molecule has 7 rings (SSSR count). The van der Waals surface area contributed by atoms with Crippen molar-refractivity contribution in [3.63, 3.8) is 0 Å². The highest BCUT2D eigenvalue weighted by Crippen LogP contribution is 2.38. The number of fused-ring (bicyclic) bond motifs is 2. The monoisotopic (exact) mass is 543 g/mol. The zero-order valence-electron chi connectivity index (χ0n) is 22.1. The Morgan fingerprint density at radius 2 is 2.08 bits per heavy atom. The molecule has 11 nitrogen and oxygen atoms in total. The zero-order valence-corrected chi connectivity index (χ0v) is 22.1. The molecule has 4 aliphatic heterocycles. The maximum absolute atomic E-state index is 13.7. The van der Waals surface area contributed by atoms with Crippen LogP contribution in [0.1, 0.15) is 19.3 Å². The molecule has 0 spiro atoms. The zero-order chi connectivity index (χ0) is 27.2. The molecule has 0 unspecified atom stereocenters. The number of carbonyl (C=O) groups is 2. The van der Waals surface area contributed by atoms with Gasteiger partial charge in [-0.25, -0.2) is 14.7 Å². The van der Waals surface area contributed by atoms with Crippen molar-refractivity contribution in [1.82, 2.24) is 19.8 Å². The molecule has 40 heavy (non-hydrogen) atoms. The van der Waals surface area contributed by atoms with E-state index in [9.17, 15) is 9.59 Å². The lowest BCUT2D eigenvalue weighted by atomic mass is 10.0. The van der Waals surface area contributed by atoms with Crippen molar-refractivity contribution in [2.24, 2.45) is 5.92 Å². The van der Waals surface area contributed by atoms with Crippen molar-refractivity contribution >= 4 is 28.7 Å². The third-order valence-corrected chi connectivity index (χ3v) is 8.16. The Labute approximate surface area is 230 Å². The number of aromatic nitrogens is 2. The van der Waals surface area contributed by atoms with Crippen LogP contribution in [0.25, 0.3) is 11.0 Å². The van der Waals surface area contributed by atoms with Gasteiger partial charge in [0, 0.05) is 37.8 Å². The Bertz CT molecular complexity index is 1500. The maximum Gasteiger partial charge on any atom is 0.417 e. The molecule has 0 aromatic carbocycles. The van der Waals surface area contributed by atoms with E-state index in [2.05, 4.69) is 20.9 Å². The van der Waals surface area contributed by atoms with E-state index in [1.165, 1.54) is 17.4 Å². The molecule has 6 heterocycles. The van der Waals surface area contributed by atoms with E-state index in [1.54, 1.807) is 19.4 Å². The van der Waals surface area contributed by atoms with Gasteiger partial charge in [-0.1, -0.05) is 18.2 Å². The van der Waals surface area contributed by atoms with Gasteiger partial charge in [-0.15, -0.1) is 0 Å². The summed E-state index contributed by atoms with van der Waals surface area (Å²) in [6.45, 7) is 2.17. The molecule has 0 saturated carbocycles. The largest absolute Gasteiger partial charge is 0.481 e. The van der Waals surface area contributed by atoms with Crippen LogP contribution in [0.4, 0.5) is 10.5 Å². The smallest absolute Gasteiger partial charge is 0.417 e. The lowest BCUT2D eigenvalue weighted by molar-refractivity contribution is -0.139. The molecule has 1 aliphatic carbocycles. The first-order valence-electron chi connectivity index (χ1n) is 13.5. The normalized spacial score (nSPS) is 25.6. The van der Waals surface area contributed by atoms with Crippen molar-refractivity contribution in [2.45, 2.75) is 31.4 Å². The highest BCUT2D eigenvalue weighted by molar-refractivity contribution is 5.89. The Morgan fingerprint density at radius 1 is 1.15 bits per heavy atom. The van der Waals surface area contributed by atoms with Crippen LogP contribution in [-0.2, 0) is 19.0 Å². The highest BCUT2D eigenvalue weighted by atomic mass is 16.6. The van der Waals surface area contributed by atoms with E-state index in [4.69, 9.17) is 18.9 Å². The Hall–Kier alpha value is -4.54. The molecule has 11 heteroatoms. The first-order valence-corrected chi connectivity index (χ1v) is 13.5. The minimum atomic E-state index is -0.913. The molecule has 0 bridgehead atoms. The summed E-state index contributed by atoms with van der Waals surface area (Å²) in [6, 6.07) is 5.67. The number of carbonyl (C=O) groups excluding carboxylic acids is 2. The SMILES string of the molecule is COc1ccc2nccc(N3C[C@@H]4CCN(C(=O)[C@@H]5CN(C6=COC=C(C7=CC=CCC7)O6)C(=O)O5)[C@@H]4C3)c2n1. The second-order valence-corrected chi connectivity index (χ2v) is 10.4. The number of nitrogens with zero attached hydrogens (tertiary/aromatic N) is 5. The van der Waals surface area contributed by atoms with Crippen LogP contribution in [0, 0.1) is 5.92 Å². The van der Waals surface area contributed by atoms with E-state index < -0.39 is 12.2 Å². The number of hydrogen-bond donors (Lipinski definition) is 0. The summed E-state index contributed by atoms with van der Waals surface area (Å²) in [4.78, 5) is 41.0. The van der Waals surface area contributed by atoms with E-state index >= 15 is 0 Å². The summed E-state index contributed by atoms with van der Waals surface area (Å²) in [7, 11) is 1.59. The van der Waals surface area contributed by atoms with Crippen LogP contribution in [-0.4, -0.2) is 77.2 Å². The van der Waals surface area contributed by atoms with Gasteiger partial charge in [0.2, 0.25) is 11.8 Å². The number of rotatable bonds is 5. The lowest BCUT2D eigenvalue weighted by Gasteiger charge is -2.27. The topological polar surface area (TPSA) is 107 Å². The van der Waals surface area contributed by atoms with Gasteiger partial charge in [-0.2, -0.15) is 0 Å². The summed E-state index contributed by atoms with van der Waals surface area (Å²) in [5.41, 5.74) is 3.52. The van der Waals surface area contributed by atoms with Crippen LogP contribution in [0.2, 0.25) is 0 Å². The van der Waals surface area contributed by atoms with Gasteiger partial charge in [0.15, 0.2) is 18.1 Å². The fraction of sp³-hybridized carbons (Fsp3) is 0.379. The molecule has 2 aromatic rings. The standard InChI is InChI=1S/C29H29N5O6/c1-37-25-8-7-20-27(31-25)21(9-11-30-20)32-13-19-10-12-33(22(19)14-32)28(35)23-15-34(29(36)40-23)26-17-38-16-24(39-26)18-5-3-2-4-6-18/h2-3,5,7-9,11,16-17,19,22-23H,4,6,10,12-15H2,1H3/t19-,22+,23-/m0/s1.